The molecule has 3 atom stereocenters. The van der Waals surface area contributed by atoms with Crippen LogP contribution in [0.4, 0.5) is 5.69 Å². The summed E-state index contributed by atoms with van der Waals surface area (Å²) < 4.78 is 34.2. The molecule has 234 valence electrons. The molecule has 0 fully saturated rings. The first kappa shape index (κ1) is 36.1. The van der Waals surface area contributed by atoms with Crippen molar-refractivity contribution in [1.82, 2.24) is 4.72 Å². The number of halogens is 2. The number of hydrogen-bond acceptors (Lipinski definition) is 5. The van der Waals surface area contributed by atoms with Crippen molar-refractivity contribution in [2.75, 3.05) is 19.0 Å². The minimum atomic E-state index is -3.83. The van der Waals surface area contributed by atoms with Crippen LogP contribution in [0.5, 0.6) is 5.75 Å². The Morgan fingerprint density at radius 2 is 1.40 bits per heavy atom. The Labute approximate surface area is 262 Å². The van der Waals surface area contributed by atoms with Gasteiger partial charge in [0.1, 0.15) is 11.1 Å². The van der Waals surface area contributed by atoms with Gasteiger partial charge in [0.2, 0.25) is 15.9 Å². The van der Waals surface area contributed by atoms with Crippen molar-refractivity contribution < 1.29 is 22.7 Å². The molecule has 0 saturated heterocycles. The van der Waals surface area contributed by atoms with Gasteiger partial charge in [-0.2, -0.15) is 0 Å². The van der Waals surface area contributed by atoms with E-state index in [2.05, 4.69) is 17.0 Å². The Morgan fingerprint density at radius 3 is 2.00 bits per heavy atom. The lowest BCUT2D eigenvalue weighted by Crippen LogP contribution is -2.39. The van der Waals surface area contributed by atoms with Gasteiger partial charge in [0.25, 0.3) is 0 Å². The Kier molecular flexibility index (Phi) is 17.1. The van der Waals surface area contributed by atoms with Crippen molar-refractivity contribution in [3.05, 3.63) is 60.2 Å². The molecule has 0 spiro atoms. The first-order chi connectivity index (χ1) is 20.2. The Bertz CT molecular complexity index is 1160. The number of methoxy groups -OCH3 is 1. The van der Waals surface area contributed by atoms with Crippen LogP contribution in [0.3, 0.4) is 0 Å². The van der Waals surface area contributed by atoms with E-state index in [1.165, 1.54) is 32.1 Å². The Hall–Kier alpha value is -2.13. The molecule has 0 radical (unpaired) electrons. The maximum Gasteiger partial charge on any atom is 0.239 e. The lowest BCUT2D eigenvalue weighted by molar-refractivity contribution is -0.115. The molecule has 0 saturated carbocycles. The van der Waals surface area contributed by atoms with Crippen LogP contribution in [0.1, 0.15) is 94.3 Å². The average molecular weight is 642 g/mol. The summed E-state index contributed by atoms with van der Waals surface area (Å²) in [5, 5.41) is 0.158. The molecule has 0 aliphatic rings. The van der Waals surface area contributed by atoms with Gasteiger partial charge in [0.15, 0.2) is 5.78 Å². The molecule has 0 aliphatic heterocycles. The van der Waals surface area contributed by atoms with Gasteiger partial charge >= 0.3 is 0 Å². The molecule has 2 aromatic rings. The molecule has 2 rings (SSSR count). The van der Waals surface area contributed by atoms with Crippen LogP contribution in [0.15, 0.2) is 54.6 Å². The molecule has 0 aliphatic carbocycles. The monoisotopic (exact) mass is 640 g/mol. The number of rotatable bonds is 22. The molecule has 0 heterocycles. The summed E-state index contributed by atoms with van der Waals surface area (Å²) in [4.78, 5) is 25.3. The molecule has 10 heteroatoms. The SMILES string of the molecule is CCCCCCCCCCCC(CCC(Cl)C(Cl)C(=O)c1ccc(OC)cc1)S(=O)(=O)NCC(=O)Nc1ccccc1. The van der Waals surface area contributed by atoms with Crippen LogP contribution in [0.25, 0.3) is 0 Å². The van der Waals surface area contributed by atoms with Gasteiger partial charge in [-0.3, -0.25) is 9.59 Å². The van der Waals surface area contributed by atoms with Crippen molar-refractivity contribution in [2.45, 2.75) is 100.0 Å². The van der Waals surface area contributed by atoms with E-state index in [0.29, 0.717) is 23.4 Å². The van der Waals surface area contributed by atoms with E-state index in [0.717, 1.165) is 25.7 Å². The number of Topliss-reactive ketones (excluding diaryl/α,β-unsaturated/α-hetero) is 1. The summed E-state index contributed by atoms with van der Waals surface area (Å²) in [6.45, 7) is 1.83. The number of carbonyl (C=O) groups excluding carboxylic acids is 2. The molecule has 0 bridgehead atoms. The summed E-state index contributed by atoms with van der Waals surface area (Å²) in [7, 11) is -2.29. The van der Waals surface area contributed by atoms with Gasteiger partial charge in [-0.15, -0.1) is 23.2 Å². The van der Waals surface area contributed by atoms with E-state index in [9.17, 15) is 18.0 Å². The molecule has 7 nitrogen and oxygen atoms in total. The van der Waals surface area contributed by atoms with Crippen molar-refractivity contribution in [1.29, 1.82) is 0 Å². The molecular weight excluding hydrogens is 595 g/mol. The van der Waals surface area contributed by atoms with Gasteiger partial charge in [-0.25, -0.2) is 13.1 Å². The number of sulfonamides is 1. The zero-order valence-electron chi connectivity index (χ0n) is 24.8. The fourth-order valence-corrected chi connectivity index (χ4v) is 6.70. The number of ether oxygens (including phenoxy) is 1. The summed E-state index contributed by atoms with van der Waals surface area (Å²) in [5.74, 6) is -0.157. The van der Waals surface area contributed by atoms with Gasteiger partial charge in [-0.1, -0.05) is 82.9 Å². The number of nitrogens with one attached hydrogen (secondary N) is 2. The highest BCUT2D eigenvalue weighted by atomic mass is 35.5. The van der Waals surface area contributed by atoms with Crippen molar-refractivity contribution in [2.24, 2.45) is 0 Å². The quantitative estimate of drug-likeness (QED) is 0.0779. The predicted molar refractivity (Wildman–Crippen MR) is 173 cm³/mol. The lowest BCUT2D eigenvalue weighted by Gasteiger charge is -2.21. The topological polar surface area (TPSA) is 102 Å². The number of para-hydroxylation sites is 1. The fraction of sp³-hybridized carbons (Fsp3) is 0.562. The van der Waals surface area contributed by atoms with E-state index in [-0.39, 0.29) is 25.2 Å². The fourth-order valence-electron chi connectivity index (χ4n) is 4.72. The van der Waals surface area contributed by atoms with Crippen LogP contribution in [0.2, 0.25) is 0 Å². The number of ketones is 1. The molecule has 42 heavy (non-hydrogen) atoms. The number of benzene rings is 2. The predicted octanol–water partition coefficient (Wildman–Crippen LogP) is 7.72. The maximum atomic E-state index is 13.3. The smallest absolute Gasteiger partial charge is 0.239 e. The van der Waals surface area contributed by atoms with Crippen LogP contribution in [-0.2, 0) is 14.8 Å². The second-order valence-corrected chi connectivity index (χ2v) is 13.7. The van der Waals surface area contributed by atoms with E-state index in [4.69, 9.17) is 27.9 Å². The van der Waals surface area contributed by atoms with Gasteiger partial charge in [0.05, 0.1) is 24.3 Å². The normalized spacial score (nSPS) is 13.7. The number of amides is 1. The van der Waals surface area contributed by atoms with Gasteiger partial charge in [-0.05, 0) is 55.7 Å². The molecule has 2 aromatic carbocycles. The van der Waals surface area contributed by atoms with E-state index in [1.54, 1.807) is 55.6 Å². The third-order valence-electron chi connectivity index (χ3n) is 7.27. The highest BCUT2D eigenvalue weighted by Gasteiger charge is 2.30. The summed E-state index contributed by atoms with van der Waals surface area (Å²) in [5.41, 5.74) is 0.999. The number of anilines is 1. The molecule has 3 unspecified atom stereocenters. The summed E-state index contributed by atoms with van der Waals surface area (Å²) >= 11 is 13.0. The Balaban J connectivity index is 1.95. The molecular formula is C32H46Cl2N2O5S. The summed E-state index contributed by atoms with van der Waals surface area (Å²) in [6.07, 6.45) is 11.0. The highest BCUT2D eigenvalue weighted by molar-refractivity contribution is 7.90. The van der Waals surface area contributed by atoms with Gasteiger partial charge < -0.3 is 10.1 Å². The third kappa shape index (κ3) is 13.4. The molecule has 2 N–H and O–H groups in total. The van der Waals surface area contributed by atoms with Crippen molar-refractivity contribution in [3.63, 3.8) is 0 Å². The lowest BCUT2D eigenvalue weighted by atomic mass is 10.0. The first-order valence-corrected chi connectivity index (χ1v) is 17.4. The van der Waals surface area contributed by atoms with E-state index < -0.39 is 31.9 Å². The minimum absolute atomic E-state index is 0.222. The van der Waals surface area contributed by atoms with Crippen LogP contribution in [0, 0.1) is 0 Å². The van der Waals surface area contributed by atoms with Crippen molar-refractivity contribution in [3.8, 4) is 5.75 Å². The van der Waals surface area contributed by atoms with Crippen LogP contribution >= 0.6 is 23.2 Å². The second-order valence-electron chi connectivity index (χ2n) is 10.6. The van der Waals surface area contributed by atoms with Gasteiger partial charge in [0, 0.05) is 11.3 Å². The standard InChI is InChI=1S/C32H46Cl2N2O5S/c1-3-4-5-6-7-8-9-10-14-17-28(42(39,40)35-24-30(37)36-26-15-12-11-13-16-26)22-23-29(33)31(34)32(38)25-18-20-27(41-2)21-19-25/h11-13,15-16,18-21,28-29,31,35H,3-10,14,17,22-24H2,1-2H3,(H,36,37). The number of carbonyl (C=O) groups is 2. The largest absolute Gasteiger partial charge is 0.497 e. The van der Waals surface area contributed by atoms with E-state index >= 15 is 0 Å². The number of unbranched alkanes of at least 4 members (excludes halogenated alkanes) is 8. The van der Waals surface area contributed by atoms with Crippen LogP contribution in [-0.4, -0.2) is 49.8 Å². The maximum absolute atomic E-state index is 13.3. The molecule has 0 aromatic heterocycles. The van der Waals surface area contributed by atoms with Crippen LogP contribution < -0.4 is 14.8 Å². The third-order valence-corrected chi connectivity index (χ3v) is 10.3. The average Bonchev–Trinajstić information content (AvgIpc) is 3.00. The molecule has 1 amide bonds. The number of alkyl halides is 2. The minimum Gasteiger partial charge on any atom is -0.497 e. The zero-order chi connectivity index (χ0) is 30.8. The second kappa shape index (κ2) is 19.9. The number of hydrogen-bond donors (Lipinski definition) is 2. The first-order valence-electron chi connectivity index (χ1n) is 15.0. The Morgan fingerprint density at radius 1 is 0.810 bits per heavy atom. The summed E-state index contributed by atoms with van der Waals surface area (Å²) in [6, 6.07) is 15.5. The van der Waals surface area contributed by atoms with Crippen molar-refractivity contribution >= 4 is 50.6 Å². The highest BCUT2D eigenvalue weighted by Crippen LogP contribution is 2.25. The zero-order valence-corrected chi connectivity index (χ0v) is 27.2. The van der Waals surface area contributed by atoms with E-state index in [1.807, 2.05) is 6.07 Å².